The highest BCUT2D eigenvalue weighted by molar-refractivity contribution is 5.29. The summed E-state index contributed by atoms with van der Waals surface area (Å²) in [4.78, 5) is 4.10. The first-order valence-corrected chi connectivity index (χ1v) is 6.22. The van der Waals surface area contributed by atoms with Gasteiger partial charge in [0.25, 0.3) is 0 Å². The Morgan fingerprint density at radius 2 is 2.47 bits per heavy atom. The molecule has 0 radical (unpaired) electrons. The molecule has 0 saturated carbocycles. The van der Waals surface area contributed by atoms with Crippen LogP contribution >= 0.6 is 0 Å². The predicted octanol–water partition coefficient (Wildman–Crippen LogP) is 1.75. The fraction of sp³-hybridized carbons (Fsp3) is 0.615. The molecule has 94 valence electrons. The molecule has 2 heterocycles. The second-order valence-electron chi connectivity index (χ2n) is 4.31. The van der Waals surface area contributed by atoms with E-state index < -0.39 is 0 Å². The number of hydrogen-bond donors (Lipinski definition) is 1. The summed E-state index contributed by atoms with van der Waals surface area (Å²) < 4.78 is 11.4. The van der Waals surface area contributed by atoms with Gasteiger partial charge in [0.1, 0.15) is 12.4 Å². The van der Waals surface area contributed by atoms with Crippen molar-refractivity contribution in [1.82, 2.24) is 10.3 Å². The lowest BCUT2D eigenvalue weighted by Gasteiger charge is -2.23. The molecule has 2 rings (SSSR count). The number of rotatable bonds is 5. The Balaban J connectivity index is 1.88. The molecule has 1 fully saturated rings. The molecule has 1 aromatic heterocycles. The highest BCUT2D eigenvalue weighted by atomic mass is 16.5. The summed E-state index contributed by atoms with van der Waals surface area (Å²) in [5, 5.41) is 3.12. The molecule has 1 aliphatic rings. The van der Waals surface area contributed by atoms with E-state index in [1.165, 1.54) is 12.8 Å². The second kappa shape index (κ2) is 6.57. The van der Waals surface area contributed by atoms with Crippen LogP contribution in [-0.2, 0) is 11.3 Å². The minimum absolute atomic E-state index is 0.242. The average Bonchev–Trinajstić information content (AvgIpc) is 2.39. The Labute approximate surface area is 102 Å². The molecule has 4 heteroatoms. The van der Waals surface area contributed by atoms with E-state index >= 15 is 0 Å². The molecule has 1 aliphatic heterocycles. The second-order valence-corrected chi connectivity index (χ2v) is 4.31. The van der Waals surface area contributed by atoms with E-state index in [2.05, 4.69) is 10.3 Å². The zero-order chi connectivity index (χ0) is 11.9. The quantitative estimate of drug-likeness (QED) is 0.846. The minimum atomic E-state index is 0.242. The summed E-state index contributed by atoms with van der Waals surface area (Å²) in [5.74, 6) is 0.857. The summed E-state index contributed by atoms with van der Waals surface area (Å²) in [6, 6.07) is 1.98. The summed E-state index contributed by atoms with van der Waals surface area (Å²) in [7, 11) is 1.93. The van der Waals surface area contributed by atoms with Crippen molar-refractivity contribution in [3.05, 3.63) is 24.0 Å². The van der Waals surface area contributed by atoms with Crippen LogP contribution in [0.1, 0.15) is 24.8 Å². The van der Waals surface area contributed by atoms with Gasteiger partial charge in [0, 0.05) is 24.9 Å². The molecule has 0 aliphatic carbocycles. The average molecular weight is 236 g/mol. The number of nitrogens with one attached hydrogen (secondary N) is 1. The SMILES string of the molecule is CNCc1ccncc1OCC1CCCCO1. The maximum Gasteiger partial charge on any atom is 0.142 e. The number of nitrogens with zero attached hydrogens (tertiary/aromatic N) is 1. The largest absolute Gasteiger partial charge is 0.489 e. The van der Waals surface area contributed by atoms with Crippen molar-refractivity contribution in [3.8, 4) is 5.75 Å². The summed E-state index contributed by atoms with van der Waals surface area (Å²) >= 11 is 0. The van der Waals surface area contributed by atoms with E-state index in [-0.39, 0.29) is 6.10 Å². The molecule has 1 atom stereocenters. The van der Waals surface area contributed by atoms with Crippen LogP contribution in [-0.4, -0.2) is 31.3 Å². The van der Waals surface area contributed by atoms with Gasteiger partial charge in [0.05, 0.1) is 12.3 Å². The standard InChI is InChI=1S/C13H20N2O2/c1-14-8-11-5-6-15-9-13(11)17-10-12-4-2-3-7-16-12/h5-6,9,12,14H,2-4,7-8,10H2,1H3. The monoisotopic (exact) mass is 236 g/mol. The van der Waals surface area contributed by atoms with E-state index in [1.54, 1.807) is 12.4 Å². The van der Waals surface area contributed by atoms with Gasteiger partial charge in [-0.3, -0.25) is 4.98 Å². The first-order chi connectivity index (χ1) is 8.40. The topological polar surface area (TPSA) is 43.4 Å². The molecular weight excluding hydrogens is 216 g/mol. The van der Waals surface area contributed by atoms with Crippen LogP contribution in [0.2, 0.25) is 0 Å². The van der Waals surface area contributed by atoms with E-state index in [1.807, 2.05) is 13.1 Å². The Bertz CT molecular complexity index is 338. The Kier molecular flexibility index (Phi) is 4.76. The van der Waals surface area contributed by atoms with Crippen LogP contribution in [0, 0.1) is 0 Å². The Hall–Kier alpha value is -1.13. The van der Waals surface area contributed by atoms with Crippen molar-refractivity contribution < 1.29 is 9.47 Å². The number of ether oxygens (including phenoxy) is 2. The van der Waals surface area contributed by atoms with Crippen molar-refractivity contribution in [2.45, 2.75) is 31.9 Å². The fourth-order valence-corrected chi connectivity index (χ4v) is 2.00. The molecule has 0 spiro atoms. The number of aromatic nitrogens is 1. The molecule has 0 amide bonds. The maximum atomic E-state index is 5.80. The van der Waals surface area contributed by atoms with Crippen molar-refractivity contribution in [2.24, 2.45) is 0 Å². The lowest BCUT2D eigenvalue weighted by molar-refractivity contribution is -0.0113. The molecule has 4 nitrogen and oxygen atoms in total. The van der Waals surface area contributed by atoms with Crippen LogP contribution in [0.25, 0.3) is 0 Å². The van der Waals surface area contributed by atoms with Crippen LogP contribution in [0.5, 0.6) is 5.75 Å². The van der Waals surface area contributed by atoms with Crippen molar-refractivity contribution >= 4 is 0 Å². The third-order valence-electron chi connectivity index (χ3n) is 2.94. The van der Waals surface area contributed by atoms with Crippen LogP contribution in [0.15, 0.2) is 18.5 Å². The highest BCUT2D eigenvalue weighted by Gasteiger charge is 2.15. The van der Waals surface area contributed by atoms with Gasteiger partial charge in [0.2, 0.25) is 0 Å². The molecule has 1 aromatic rings. The van der Waals surface area contributed by atoms with Gasteiger partial charge in [-0.05, 0) is 32.4 Å². The normalized spacial score (nSPS) is 20.2. The van der Waals surface area contributed by atoms with Crippen molar-refractivity contribution in [2.75, 3.05) is 20.3 Å². The third-order valence-corrected chi connectivity index (χ3v) is 2.94. The van der Waals surface area contributed by atoms with Gasteiger partial charge in [-0.15, -0.1) is 0 Å². The first kappa shape index (κ1) is 12.3. The van der Waals surface area contributed by atoms with Gasteiger partial charge in [0.15, 0.2) is 0 Å². The van der Waals surface area contributed by atoms with Gasteiger partial charge in [-0.2, -0.15) is 0 Å². The molecule has 17 heavy (non-hydrogen) atoms. The van der Waals surface area contributed by atoms with Gasteiger partial charge < -0.3 is 14.8 Å². The highest BCUT2D eigenvalue weighted by Crippen LogP contribution is 2.19. The molecular formula is C13H20N2O2. The molecule has 1 N–H and O–H groups in total. The zero-order valence-corrected chi connectivity index (χ0v) is 10.3. The van der Waals surface area contributed by atoms with Gasteiger partial charge in [-0.25, -0.2) is 0 Å². The van der Waals surface area contributed by atoms with E-state index in [4.69, 9.17) is 9.47 Å². The molecule has 1 saturated heterocycles. The predicted molar refractivity (Wildman–Crippen MR) is 66.1 cm³/mol. The zero-order valence-electron chi connectivity index (χ0n) is 10.3. The van der Waals surface area contributed by atoms with E-state index in [9.17, 15) is 0 Å². The maximum absolute atomic E-state index is 5.80. The summed E-state index contributed by atoms with van der Waals surface area (Å²) in [6.07, 6.45) is 7.32. The Morgan fingerprint density at radius 1 is 1.53 bits per heavy atom. The third kappa shape index (κ3) is 3.68. The summed E-state index contributed by atoms with van der Waals surface area (Å²) in [5.41, 5.74) is 1.14. The first-order valence-electron chi connectivity index (χ1n) is 6.22. The van der Waals surface area contributed by atoms with Crippen LogP contribution < -0.4 is 10.1 Å². The van der Waals surface area contributed by atoms with Crippen molar-refractivity contribution in [1.29, 1.82) is 0 Å². The number of pyridine rings is 1. The van der Waals surface area contributed by atoms with E-state index in [0.717, 1.165) is 30.9 Å². The molecule has 0 aromatic carbocycles. The van der Waals surface area contributed by atoms with Gasteiger partial charge >= 0.3 is 0 Å². The van der Waals surface area contributed by atoms with Crippen LogP contribution in [0.3, 0.4) is 0 Å². The summed E-state index contributed by atoms with van der Waals surface area (Å²) in [6.45, 7) is 2.29. The van der Waals surface area contributed by atoms with E-state index in [0.29, 0.717) is 6.61 Å². The lowest BCUT2D eigenvalue weighted by atomic mass is 10.1. The molecule has 0 bridgehead atoms. The smallest absolute Gasteiger partial charge is 0.142 e. The lowest BCUT2D eigenvalue weighted by Crippen LogP contribution is -2.26. The van der Waals surface area contributed by atoms with Crippen molar-refractivity contribution in [3.63, 3.8) is 0 Å². The molecule has 1 unspecified atom stereocenters. The van der Waals surface area contributed by atoms with Gasteiger partial charge in [-0.1, -0.05) is 0 Å². The number of hydrogen-bond acceptors (Lipinski definition) is 4. The minimum Gasteiger partial charge on any atom is -0.489 e. The Morgan fingerprint density at radius 3 is 3.24 bits per heavy atom. The van der Waals surface area contributed by atoms with Crippen LogP contribution in [0.4, 0.5) is 0 Å². The fourth-order valence-electron chi connectivity index (χ4n) is 2.00.